The Morgan fingerprint density at radius 3 is 2.80 bits per heavy atom. The fraction of sp³-hybridized carbons (Fsp3) is 0.333. The Morgan fingerprint density at radius 2 is 2.07 bits per heavy atom. The Hall–Kier alpha value is -1.64. The van der Waals surface area contributed by atoms with Crippen LogP contribution < -0.4 is 5.43 Å². The van der Waals surface area contributed by atoms with Crippen molar-refractivity contribution in [1.29, 1.82) is 0 Å². The first-order valence-electron chi connectivity index (χ1n) is 5.14. The van der Waals surface area contributed by atoms with Crippen molar-refractivity contribution in [2.75, 3.05) is 0 Å². The second kappa shape index (κ2) is 4.26. The minimum atomic E-state index is 0.00251. The van der Waals surface area contributed by atoms with Crippen LogP contribution in [-0.2, 0) is 11.2 Å². The molecule has 78 valence electrons. The maximum absolute atomic E-state index is 11.4. The maximum Gasteiger partial charge on any atom is 0.243 e. The lowest BCUT2D eigenvalue weighted by Gasteiger charge is -2.22. The van der Waals surface area contributed by atoms with Crippen LogP contribution in [0.2, 0.25) is 0 Å². The molecular formula is C12H14N2O. The van der Waals surface area contributed by atoms with Crippen LogP contribution in [0.25, 0.3) is 0 Å². The van der Waals surface area contributed by atoms with Crippen molar-refractivity contribution in [2.24, 2.45) is 16.9 Å². The summed E-state index contributed by atoms with van der Waals surface area (Å²) in [6.07, 6.45) is 2.71. The quantitative estimate of drug-likeness (QED) is 0.777. The third kappa shape index (κ3) is 2.24. The molecule has 1 heterocycles. The first-order valence-corrected chi connectivity index (χ1v) is 5.14. The number of rotatable bonds is 2. The molecule has 1 aliphatic heterocycles. The number of nitrogens with zero attached hydrogens (tertiary/aromatic N) is 1. The molecule has 0 aromatic heterocycles. The molecule has 1 aliphatic rings. The SMILES string of the molecule is CC1C(=O)NN=CC1Cc1ccccc1. The molecule has 2 rings (SSSR count). The standard InChI is InChI=1S/C12H14N2O/c1-9-11(8-13-14-12(9)15)7-10-5-3-2-4-6-10/h2-6,8-9,11H,7H2,1H3,(H,14,15). The van der Waals surface area contributed by atoms with Gasteiger partial charge in [0.15, 0.2) is 0 Å². The smallest absolute Gasteiger partial charge is 0.243 e. The second-order valence-electron chi connectivity index (χ2n) is 3.90. The van der Waals surface area contributed by atoms with Gasteiger partial charge in [-0.15, -0.1) is 0 Å². The summed E-state index contributed by atoms with van der Waals surface area (Å²) in [5, 5.41) is 3.86. The van der Waals surface area contributed by atoms with Crippen LogP contribution in [0.5, 0.6) is 0 Å². The molecule has 3 heteroatoms. The highest BCUT2D eigenvalue weighted by atomic mass is 16.2. The van der Waals surface area contributed by atoms with Crippen molar-refractivity contribution in [3.8, 4) is 0 Å². The van der Waals surface area contributed by atoms with Gasteiger partial charge in [0.1, 0.15) is 0 Å². The van der Waals surface area contributed by atoms with Gasteiger partial charge in [0.2, 0.25) is 5.91 Å². The number of hydrogen-bond acceptors (Lipinski definition) is 2. The minimum Gasteiger partial charge on any atom is -0.273 e. The minimum absolute atomic E-state index is 0.00251. The zero-order chi connectivity index (χ0) is 10.7. The zero-order valence-electron chi connectivity index (χ0n) is 8.68. The van der Waals surface area contributed by atoms with Gasteiger partial charge in [0.25, 0.3) is 0 Å². The lowest BCUT2D eigenvalue weighted by atomic mass is 9.88. The molecule has 2 atom stereocenters. The normalized spacial score (nSPS) is 25.0. The summed E-state index contributed by atoms with van der Waals surface area (Å²) < 4.78 is 0. The van der Waals surface area contributed by atoms with Crippen LogP contribution >= 0.6 is 0 Å². The monoisotopic (exact) mass is 202 g/mol. The Kier molecular flexibility index (Phi) is 2.81. The zero-order valence-corrected chi connectivity index (χ0v) is 8.68. The summed E-state index contributed by atoms with van der Waals surface area (Å²) in [7, 11) is 0. The fourth-order valence-electron chi connectivity index (χ4n) is 1.74. The van der Waals surface area contributed by atoms with Crippen LogP contribution in [0.4, 0.5) is 0 Å². The summed E-state index contributed by atoms with van der Waals surface area (Å²) in [5.41, 5.74) is 3.72. The summed E-state index contributed by atoms with van der Waals surface area (Å²) in [5.74, 6) is 0.224. The van der Waals surface area contributed by atoms with Gasteiger partial charge < -0.3 is 0 Å². The molecule has 1 amide bonds. The van der Waals surface area contributed by atoms with Crippen LogP contribution in [0.1, 0.15) is 12.5 Å². The van der Waals surface area contributed by atoms with E-state index in [1.165, 1.54) is 5.56 Å². The molecule has 0 aliphatic carbocycles. The van der Waals surface area contributed by atoms with E-state index in [9.17, 15) is 4.79 Å². The van der Waals surface area contributed by atoms with Gasteiger partial charge in [-0.2, -0.15) is 5.10 Å². The summed E-state index contributed by atoms with van der Waals surface area (Å²) in [4.78, 5) is 11.4. The summed E-state index contributed by atoms with van der Waals surface area (Å²) >= 11 is 0. The van der Waals surface area contributed by atoms with E-state index < -0.39 is 0 Å². The molecule has 0 bridgehead atoms. The first-order chi connectivity index (χ1) is 7.27. The van der Waals surface area contributed by atoms with Crippen molar-refractivity contribution in [3.05, 3.63) is 35.9 Å². The van der Waals surface area contributed by atoms with Gasteiger partial charge in [0.05, 0.1) is 0 Å². The van der Waals surface area contributed by atoms with Gasteiger partial charge in [-0.1, -0.05) is 37.3 Å². The summed E-state index contributed by atoms with van der Waals surface area (Å²) in [6, 6.07) is 10.2. The van der Waals surface area contributed by atoms with Crippen molar-refractivity contribution in [2.45, 2.75) is 13.3 Å². The highest BCUT2D eigenvalue weighted by Gasteiger charge is 2.25. The number of carbonyl (C=O) groups excluding carboxylic acids is 1. The molecule has 1 aromatic carbocycles. The molecule has 15 heavy (non-hydrogen) atoms. The Labute approximate surface area is 89.2 Å². The maximum atomic E-state index is 11.4. The molecule has 0 fully saturated rings. The van der Waals surface area contributed by atoms with Crippen molar-refractivity contribution < 1.29 is 4.79 Å². The van der Waals surface area contributed by atoms with E-state index in [1.807, 2.05) is 31.3 Å². The number of nitrogens with one attached hydrogen (secondary N) is 1. The number of benzene rings is 1. The van der Waals surface area contributed by atoms with Crippen molar-refractivity contribution >= 4 is 12.1 Å². The van der Waals surface area contributed by atoms with Crippen molar-refractivity contribution in [1.82, 2.24) is 5.43 Å². The molecule has 3 nitrogen and oxygen atoms in total. The molecule has 0 saturated carbocycles. The largest absolute Gasteiger partial charge is 0.273 e. The molecule has 1 N–H and O–H groups in total. The van der Waals surface area contributed by atoms with E-state index in [0.717, 1.165) is 6.42 Å². The van der Waals surface area contributed by atoms with Gasteiger partial charge in [-0.25, -0.2) is 5.43 Å². The second-order valence-corrected chi connectivity index (χ2v) is 3.90. The van der Waals surface area contributed by atoms with Crippen LogP contribution in [0.3, 0.4) is 0 Å². The molecule has 2 unspecified atom stereocenters. The highest BCUT2D eigenvalue weighted by molar-refractivity contribution is 5.85. The van der Waals surface area contributed by atoms with E-state index in [-0.39, 0.29) is 17.7 Å². The number of carbonyl (C=O) groups is 1. The third-order valence-electron chi connectivity index (χ3n) is 2.81. The fourth-order valence-corrected chi connectivity index (χ4v) is 1.74. The lowest BCUT2D eigenvalue weighted by Crippen LogP contribution is -2.36. The van der Waals surface area contributed by atoms with Gasteiger partial charge >= 0.3 is 0 Å². The average molecular weight is 202 g/mol. The number of hydrazone groups is 1. The number of hydrogen-bond donors (Lipinski definition) is 1. The van der Waals surface area contributed by atoms with E-state index in [2.05, 4.69) is 22.7 Å². The van der Waals surface area contributed by atoms with E-state index in [1.54, 1.807) is 0 Å². The Balaban J connectivity index is 2.09. The van der Waals surface area contributed by atoms with Gasteiger partial charge in [-0.3, -0.25) is 4.79 Å². The molecular weight excluding hydrogens is 188 g/mol. The molecule has 0 saturated heterocycles. The Morgan fingerprint density at radius 1 is 1.33 bits per heavy atom. The average Bonchev–Trinajstić information content (AvgIpc) is 2.26. The molecule has 0 radical (unpaired) electrons. The van der Waals surface area contributed by atoms with Crippen molar-refractivity contribution in [3.63, 3.8) is 0 Å². The highest BCUT2D eigenvalue weighted by Crippen LogP contribution is 2.18. The third-order valence-corrected chi connectivity index (χ3v) is 2.81. The van der Waals surface area contributed by atoms with E-state index >= 15 is 0 Å². The van der Waals surface area contributed by atoms with Crippen LogP contribution in [-0.4, -0.2) is 12.1 Å². The molecule has 1 aromatic rings. The lowest BCUT2D eigenvalue weighted by molar-refractivity contribution is -0.125. The van der Waals surface area contributed by atoms with Gasteiger partial charge in [0, 0.05) is 18.1 Å². The van der Waals surface area contributed by atoms with E-state index in [0.29, 0.717) is 0 Å². The molecule has 0 spiro atoms. The summed E-state index contributed by atoms with van der Waals surface area (Å²) in [6.45, 7) is 1.94. The van der Waals surface area contributed by atoms with E-state index in [4.69, 9.17) is 0 Å². The Bertz CT molecular complexity index is 372. The van der Waals surface area contributed by atoms with Crippen LogP contribution in [0, 0.1) is 11.8 Å². The van der Waals surface area contributed by atoms with Gasteiger partial charge in [-0.05, 0) is 12.0 Å². The first kappa shape index (κ1) is 9.90. The topological polar surface area (TPSA) is 41.5 Å². The van der Waals surface area contributed by atoms with Crippen LogP contribution in [0.15, 0.2) is 35.4 Å². The number of amides is 1. The predicted octanol–water partition coefficient (Wildman–Crippen LogP) is 1.60. The predicted molar refractivity (Wildman–Crippen MR) is 59.4 cm³/mol.